The number of ether oxygens (including phenoxy) is 1. The van der Waals surface area contributed by atoms with Crippen molar-refractivity contribution in [2.24, 2.45) is 5.92 Å². The molecule has 0 bridgehead atoms. The van der Waals surface area contributed by atoms with E-state index in [1.807, 2.05) is 31.2 Å². The van der Waals surface area contributed by atoms with Crippen molar-refractivity contribution < 1.29 is 9.26 Å². The maximum Gasteiger partial charge on any atom is 0.231 e. The molecule has 5 heteroatoms. The van der Waals surface area contributed by atoms with Crippen molar-refractivity contribution in [3.63, 3.8) is 0 Å². The first-order valence-electron chi connectivity index (χ1n) is 7.05. The Morgan fingerprint density at radius 2 is 2.30 bits per heavy atom. The Morgan fingerprint density at radius 3 is 3.05 bits per heavy atom. The zero-order valence-corrected chi connectivity index (χ0v) is 11.8. The molecule has 1 fully saturated rings. The molecule has 1 aromatic heterocycles. The number of hydrogen-bond donors (Lipinski definition) is 1. The Kier molecular flexibility index (Phi) is 3.69. The predicted octanol–water partition coefficient (Wildman–Crippen LogP) is 2.46. The number of hydrogen-bond acceptors (Lipinski definition) is 5. The average molecular weight is 273 g/mol. The van der Waals surface area contributed by atoms with Crippen LogP contribution < -0.4 is 10.1 Å². The lowest BCUT2D eigenvalue weighted by Crippen LogP contribution is -2.08. The number of aromatic nitrogens is 2. The SMILES string of the molecule is CCOc1cccc(-c2noc(C3CNCC3C)n2)c1. The molecule has 0 aliphatic carbocycles. The van der Waals surface area contributed by atoms with Gasteiger partial charge < -0.3 is 14.6 Å². The molecular weight excluding hydrogens is 254 g/mol. The second-order valence-electron chi connectivity index (χ2n) is 5.16. The molecule has 2 aromatic rings. The topological polar surface area (TPSA) is 60.2 Å². The van der Waals surface area contributed by atoms with Crippen LogP contribution in [0.15, 0.2) is 28.8 Å². The Balaban J connectivity index is 1.84. The first-order chi connectivity index (χ1) is 9.78. The second-order valence-corrected chi connectivity index (χ2v) is 5.16. The molecule has 3 rings (SSSR count). The van der Waals surface area contributed by atoms with Crippen molar-refractivity contribution in [3.8, 4) is 17.1 Å². The van der Waals surface area contributed by atoms with E-state index >= 15 is 0 Å². The van der Waals surface area contributed by atoms with Crippen LogP contribution in [0.1, 0.15) is 25.7 Å². The minimum absolute atomic E-state index is 0.311. The summed E-state index contributed by atoms with van der Waals surface area (Å²) in [6, 6.07) is 7.77. The molecule has 2 heterocycles. The lowest BCUT2D eigenvalue weighted by atomic mass is 9.98. The van der Waals surface area contributed by atoms with Gasteiger partial charge in [0, 0.05) is 12.1 Å². The molecule has 0 saturated carbocycles. The summed E-state index contributed by atoms with van der Waals surface area (Å²) in [5, 5.41) is 7.44. The molecule has 1 aromatic carbocycles. The van der Waals surface area contributed by atoms with Crippen molar-refractivity contribution in [3.05, 3.63) is 30.2 Å². The molecule has 1 aliphatic rings. The highest BCUT2D eigenvalue weighted by Crippen LogP contribution is 2.28. The van der Waals surface area contributed by atoms with Gasteiger partial charge in [0.25, 0.3) is 0 Å². The fraction of sp³-hybridized carbons (Fsp3) is 0.467. The number of rotatable bonds is 4. The van der Waals surface area contributed by atoms with Crippen molar-refractivity contribution >= 4 is 0 Å². The molecule has 20 heavy (non-hydrogen) atoms. The lowest BCUT2D eigenvalue weighted by Gasteiger charge is -2.07. The molecule has 1 N–H and O–H groups in total. The van der Waals surface area contributed by atoms with E-state index in [4.69, 9.17) is 9.26 Å². The minimum Gasteiger partial charge on any atom is -0.494 e. The Bertz CT molecular complexity index is 582. The van der Waals surface area contributed by atoms with Gasteiger partial charge in [-0.2, -0.15) is 4.98 Å². The zero-order valence-electron chi connectivity index (χ0n) is 11.8. The average Bonchev–Trinajstić information content (AvgIpc) is 3.08. The molecule has 2 unspecified atom stereocenters. The lowest BCUT2D eigenvalue weighted by molar-refractivity contribution is 0.339. The summed E-state index contributed by atoms with van der Waals surface area (Å²) >= 11 is 0. The summed E-state index contributed by atoms with van der Waals surface area (Å²) < 4.78 is 10.9. The standard InChI is InChI=1S/C15H19N3O2/c1-3-19-12-6-4-5-11(7-12)14-17-15(20-18-14)13-9-16-8-10(13)2/h4-7,10,13,16H,3,8-9H2,1-2H3. The van der Waals surface area contributed by atoms with Crippen LogP contribution in [0, 0.1) is 5.92 Å². The van der Waals surface area contributed by atoms with E-state index in [0.717, 1.165) is 30.3 Å². The maximum absolute atomic E-state index is 5.50. The molecule has 106 valence electrons. The first kappa shape index (κ1) is 13.1. The third-order valence-electron chi connectivity index (χ3n) is 3.68. The summed E-state index contributed by atoms with van der Waals surface area (Å²) in [5.74, 6) is 3.01. The van der Waals surface area contributed by atoms with E-state index in [-0.39, 0.29) is 0 Å². The predicted molar refractivity (Wildman–Crippen MR) is 75.7 cm³/mol. The van der Waals surface area contributed by atoms with Crippen molar-refractivity contribution in [1.29, 1.82) is 0 Å². The smallest absolute Gasteiger partial charge is 0.231 e. The van der Waals surface area contributed by atoms with Gasteiger partial charge in [-0.05, 0) is 31.5 Å². The molecule has 5 nitrogen and oxygen atoms in total. The summed E-state index contributed by atoms with van der Waals surface area (Å²) in [6.45, 7) is 6.72. The number of nitrogens with one attached hydrogen (secondary N) is 1. The van der Waals surface area contributed by atoms with Gasteiger partial charge in [-0.25, -0.2) is 0 Å². The Hall–Kier alpha value is -1.88. The van der Waals surface area contributed by atoms with Gasteiger partial charge >= 0.3 is 0 Å². The van der Waals surface area contributed by atoms with Gasteiger partial charge in [-0.3, -0.25) is 0 Å². The molecule has 0 amide bonds. The van der Waals surface area contributed by atoms with Crippen LogP contribution in [0.5, 0.6) is 5.75 Å². The zero-order chi connectivity index (χ0) is 13.9. The molecule has 1 saturated heterocycles. The van der Waals surface area contributed by atoms with Gasteiger partial charge in [0.05, 0.1) is 12.5 Å². The van der Waals surface area contributed by atoms with E-state index in [2.05, 4.69) is 22.4 Å². The summed E-state index contributed by atoms with van der Waals surface area (Å²) in [6.07, 6.45) is 0. The van der Waals surface area contributed by atoms with E-state index < -0.39 is 0 Å². The normalized spacial score (nSPS) is 22.1. The van der Waals surface area contributed by atoms with E-state index in [9.17, 15) is 0 Å². The van der Waals surface area contributed by atoms with E-state index in [0.29, 0.717) is 24.3 Å². The first-order valence-corrected chi connectivity index (χ1v) is 7.05. The number of nitrogens with zero attached hydrogens (tertiary/aromatic N) is 2. The van der Waals surface area contributed by atoms with Gasteiger partial charge in [0.2, 0.25) is 11.7 Å². The Morgan fingerprint density at radius 1 is 1.40 bits per heavy atom. The van der Waals surface area contributed by atoms with Crippen LogP contribution >= 0.6 is 0 Å². The third kappa shape index (κ3) is 2.54. The van der Waals surface area contributed by atoms with Gasteiger partial charge in [-0.15, -0.1) is 0 Å². The summed E-state index contributed by atoms with van der Waals surface area (Å²) in [4.78, 5) is 4.54. The Labute approximate surface area is 118 Å². The van der Waals surface area contributed by atoms with Gasteiger partial charge in [0.1, 0.15) is 5.75 Å². The largest absolute Gasteiger partial charge is 0.494 e. The molecular formula is C15H19N3O2. The quantitative estimate of drug-likeness (QED) is 0.927. The molecule has 0 radical (unpaired) electrons. The van der Waals surface area contributed by atoms with Crippen molar-refractivity contribution in [2.45, 2.75) is 19.8 Å². The third-order valence-corrected chi connectivity index (χ3v) is 3.68. The van der Waals surface area contributed by atoms with Crippen LogP contribution in [-0.2, 0) is 0 Å². The highest BCUT2D eigenvalue weighted by Gasteiger charge is 2.29. The van der Waals surface area contributed by atoms with Crippen LogP contribution in [-0.4, -0.2) is 29.8 Å². The van der Waals surface area contributed by atoms with Crippen LogP contribution in [0.25, 0.3) is 11.4 Å². The fourth-order valence-electron chi connectivity index (χ4n) is 2.54. The monoisotopic (exact) mass is 273 g/mol. The summed E-state index contributed by atoms with van der Waals surface area (Å²) in [7, 11) is 0. The molecule has 0 spiro atoms. The highest BCUT2D eigenvalue weighted by atomic mass is 16.5. The molecule has 2 atom stereocenters. The van der Waals surface area contributed by atoms with Crippen LogP contribution in [0.4, 0.5) is 0 Å². The van der Waals surface area contributed by atoms with Gasteiger partial charge in [0.15, 0.2) is 0 Å². The summed E-state index contributed by atoms with van der Waals surface area (Å²) in [5.41, 5.74) is 0.921. The maximum atomic E-state index is 5.50. The number of benzene rings is 1. The van der Waals surface area contributed by atoms with Crippen LogP contribution in [0.2, 0.25) is 0 Å². The van der Waals surface area contributed by atoms with E-state index in [1.54, 1.807) is 0 Å². The van der Waals surface area contributed by atoms with Crippen LogP contribution in [0.3, 0.4) is 0 Å². The minimum atomic E-state index is 0.311. The highest BCUT2D eigenvalue weighted by molar-refractivity contribution is 5.56. The van der Waals surface area contributed by atoms with Gasteiger partial charge in [-0.1, -0.05) is 24.2 Å². The second kappa shape index (κ2) is 5.63. The van der Waals surface area contributed by atoms with E-state index in [1.165, 1.54) is 0 Å². The molecule has 1 aliphatic heterocycles. The fourth-order valence-corrected chi connectivity index (χ4v) is 2.54. The van der Waals surface area contributed by atoms with Crippen molar-refractivity contribution in [2.75, 3.05) is 19.7 Å². The van der Waals surface area contributed by atoms with Crippen molar-refractivity contribution in [1.82, 2.24) is 15.5 Å².